The minimum Gasteiger partial charge on any atom is -0.508 e. The molecule has 1 aliphatic rings. The van der Waals surface area contributed by atoms with Gasteiger partial charge in [0, 0.05) is 6.04 Å². The number of hydrogen-bond acceptors (Lipinski definition) is 4. The normalized spacial score (nSPS) is 22.3. The number of amides is 1. The van der Waals surface area contributed by atoms with E-state index in [4.69, 9.17) is 0 Å². The number of carboxylic acid groups (broad SMARTS) is 1. The first-order valence-corrected chi connectivity index (χ1v) is 7.04. The number of phenols is 2. The van der Waals surface area contributed by atoms with Crippen molar-refractivity contribution in [3.05, 3.63) is 23.8 Å². The zero-order chi connectivity index (χ0) is 15.4. The van der Waals surface area contributed by atoms with Gasteiger partial charge in [0.1, 0.15) is 11.5 Å². The van der Waals surface area contributed by atoms with Crippen LogP contribution in [-0.4, -0.2) is 33.2 Å². The zero-order valence-corrected chi connectivity index (χ0v) is 11.6. The van der Waals surface area contributed by atoms with Crippen molar-refractivity contribution in [2.24, 2.45) is 5.92 Å². The summed E-state index contributed by atoms with van der Waals surface area (Å²) in [5.74, 6) is -2.47. The minimum absolute atomic E-state index is 0.0524. The Balaban J connectivity index is 2.16. The van der Waals surface area contributed by atoms with Gasteiger partial charge in [-0.25, -0.2) is 0 Å². The Hall–Kier alpha value is -2.24. The Morgan fingerprint density at radius 1 is 1.10 bits per heavy atom. The molecule has 2 atom stereocenters. The van der Waals surface area contributed by atoms with Crippen LogP contribution in [0.5, 0.6) is 11.5 Å². The van der Waals surface area contributed by atoms with Gasteiger partial charge in [-0.15, -0.1) is 0 Å². The monoisotopic (exact) mass is 293 g/mol. The first-order chi connectivity index (χ1) is 9.99. The third-order valence-corrected chi connectivity index (χ3v) is 3.87. The number of rotatable bonds is 3. The minimum atomic E-state index is -0.915. The van der Waals surface area contributed by atoms with Gasteiger partial charge < -0.3 is 20.6 Å². The highest BCUT2D eigenvalue weighted by atomic mass is 16.4. The lowest BCUT2D eigenvalue weighted by Crippen LogP contribution is -2.42. The highest BCUT2D eigenvalue weighted by Gasteiger charge is 2.31. The predicted octanol–water partition coefficient (Wildman–Crippen LogP) is 1.86. The smallest absolute Gasteiger partial charge is 0.308 e. The Morgan fingerprint density at radius 2 is 1.81 bits per heavy atom. The average Bonchev–Trinajstić information content (AvgIpc) is 2.67. The van der Waals surface area contributed by atoms with E-state index in [0.717, 1.165) is 25.3 Å². The molecule has 1 saturated carbocycles. The maximum Gasteiger partial charge on any atom is 0.308 e. The first-order valence-electron chi connectivity index (χ1n) is 7.04. The molecule has 0 radical (unpaired) electrons. The fourth-order valence-corrected chi connectivity index (χ4v) is 2.73. The molecule has 0 bridgehead atoms. The standard InChI is InChI=1S/C15H19NO5/c17-9-6-7-13(18)11(8-9)14(19)16-12-5-3-1-2-4-10(12)15(20)21/h6-8,10,12,17-18H,1-5H2,(H,16,19)(H,20,21). The van der Waals surface area contributed by atoms with Crippen LogP contribution in [0.25, 0.3) is 0 Å². The molecule has 1 aliphatic carbocycles. The Bertz CT molecular complexity index is 543. The molecule has 0 aliphatic heterocycles. The first kappa shape index (κ1) is 15.2. The van der Waals surface area contributed by atoms with Gasteiger partial charge in [-0.1, -0.05) is 19.3 Å². The Morgan fingerprint density at radius 3 is 2.52 bits per heavy atom. The molecule has 0 heterocycles. The van der Waals surface area contributed by atoms with E-state index in [9.17, 15) is 24.9 Å². The Kier molecular flexibility index (Phi) is 4.67. The lowest BCUT2D eigenvalue weighted by molar-refractivity contribution is -0.142. The molecule has 6 heteroatoms. The van der Waals surface area contributed by atoms with E-state index in [0.29, 0.717) is 12.8 Å². The largest absolute Gasteiger partial charge is 0.508 e. The molecule has 0 aromatic heterocycles. The molecular weight excluding hydrogens is 274 g/mol. The fraction of sp³-hybridized carbons (Fsp3) is 0.467. The van der Waals surface area contributed by atoms with E-state index >= 15 is 0 Å². The molecule has 2 rings (SSSR count). The lowest BCUT2D eigenvalue weighted by Gasteiger charge is -2.23. The molecule has 0 saturated heterocycles. The number of carbonyl (C=O) groups is 2. The van der Waals surface area contributed by atoms with Crippen LogP contribution in [0.3, 0.4) is 0 Å². The summed E-state index contributed by atoms with van der Waals surface area (Å²) in [6, 6.07) is 3.21. The summed E-state index contributed by atoms with van der Waals surface area (Å²) in [6.45, 7) is 0. The van der Waals surface area contributed by atoms with Crippen LogP contribution in [0, 0.1) is 5.92 Å². The van der Waals surface area contributed by atoms with Crippen molar-refractivity contribution < 1.29 is 24.9 Å². The second-order valence-electron chi connectivity index (χ2n) is 5.36. The number of carbonyl (C=O) groups excluding carboxylic acids is 1. The molecule has 6 nitrogen and oxygen atoms in total. The number of carboxylic acids is 1. The number of aromatic hydroxyl groups is 2. The van der Waals surface area contributed by atoms with Gasteiger partial charge in [0.25, 0.3) is 5.91 Å². The zero-order valence-electron chi connectivity index (χ0n) is 11.6. The summed E-state index contributed by atoms with van der Waals surface area (Å²) < 4.78 is 0. The maximum atomic E-state index is 12.2. The summed E-state index contributed by atoms with van der Waals surface area (Å²) in [4.78, 5) is 23.5. The van der Waals surface area contributed by atoms with Crippen molar-refractivity contribution in [2.75, 3.05) is 0 Å². The second-order valence-corrected chi connectivity index (χ2v) is 5.36. The fourth-order valence-electron chi connectivity index (χ4n) is 2.73. The average molecular weight is 293 g/mol. The van der Waals surface area contributed by atoms with Crippen LogP contribution in [0.2, 0.25) is 0 Å². The number of aliphatic carboxylic acids is 1. The Labute approximate surface area is 122 Å². The predicted molar refractivity (Wildman–Crippen MR) is 75.2 cm³/mol. The molecule has 21 heavy (non-hydrogen) atoms. The molecule has 1 amide bonds. The van der Waals surface area contributed by atoms with Crippen LogP contribution >= 0.6 is 0 Å². The van der Waals surface area contributed by atoms with Crippen LogP contribution in [0.1, 0.15) is 42.5 Å². The van der Waals surface area contributed by atoms with Crippen molar-refractivity contribution in [2.45, 2.75) is 38.1 Å². The summed E-state index contributed by atoms with van der Waals surface area (Å²) >= 11 is 0. The summed E-state index contributed by atoms with van der Waals surface area (Å²) in [5, 5.41) is 31.0. The lowest BCUT2D eigenvalue weighted by atomic mass is 9.94. The molecule has 0 spiro atoms. The van der Waals surface area contributed by atoms with Gasteiger partial charge in [0.15, 0.2) is 0 Å². The molecule has 4 N–H and O–H groups in total. The van der Waals surface area contributed by atoms with Gasteiger partial charge in [0.2, 0.25) is 0 Å². The van der Waals surface area contributed by atoms with Gasteiger partial charge in [-0.3, -0.25) is 9.59 Å². The quantitative estimate of drug-likeness (QED) is 0.502. The van der Waals surface area contributed by atoms with E-state index in [2.05, 4.69) is 5.32 Å². The van der Waals surface area contributed by atoms with Gasteiger partial charge in [-0.2, -0.15) is 0 Å². The molecule has 114 valence electrons. The van der Waals surface area contributed by atoms with Crippen molar-refractivity contribution in [1.29, 1.82) is 0 Å². The van der Waals surface area contributed by atoms with Gasteiger partial charge in [0.05, 0.1) is 11.5 Å². The topological polar surface area (TPSA) is 107 Å². The van der Waals surface area contributed by atoms with Crippen molar-refractivity contribution in [3.8, 4) is 11.5 Å². The highest BCUT2D eigenvalue weighted by molar-refractivity contribution is 5.97. The number of phenolic OH excluding ortho intramolecular Hbond substituents is 2. The van der Waals surface area contributed by atoms with Crippen LogP contribution in [0.4, 0.5) is 0 Å². The van der Waals surface area contributed by atoms with Crippen molar-refractivity contribution in [1.82, 2.24) is 5.32 Å². The second kappa shape index (κ2) is 6.47. The molecular formula is C15H19NO5. The molecule has 2 unspecified atom stereocenters. The van der Waals surface area contributed by atoms with E-state index in [1.54, 1.807) is 0 Å². The summed E-state index contributed by atoms with van der Waals surface area (Å²) in [7, 11) is 0. The third-order valence-electron chi connectivity index (χ3n) is 3.87. The van der Waals surface area contributed by atoms with Crippen LogP contribution in [0.15, 0.2) is 18.2 Å². The highest BCUT2D eigenvalue weighted by Crippen LogP contribution is 2.26. The van der Waals surface area contributed by atoms with E-state index in [-0.39, 0.29) is 17.1 Å². The molecule has 1 aromatic carbocycles. The van der Waals surface area contributed by atoms with Gasteiger partial charge in [-0.05, 0) is 31.0 Å². The van der Waals surface area contributed by atoms with E-state index in [1.165, 1.54) is 12.1 Å². The SMILES string of the molecule is O=C(NC1CCCCCC1C(=O)O)c1cc(O)ccc1O. The van der Waals surface area contributed by atoms with Crippen molar-refractivity contribution in [3.63, 3.8) is 0 Å². The molecule has 1 aromatic rings. The summed E-state index contributed by atoms with van der Waals surface area (Å²) in [6.07, 6.45) is 3.78. The van der Waals surface area contributed by atoms with Crippen LogP contribution in [-0.2, 0) is 4.79 Å². The summed E-state index contributed by atoms with van der Waals surface area (Å²) in [5.41, 5.74) is -0.0524. The molecule has 1 fully saturated rings. The maximum absolute atomic E-state index is 12.2. The third kappa shape index (κ3) is 3.65. The number of hydrogen-bond donors (Lipinski definition) is 4. The van der Waals surface area contributed by atoms with E-state index < -0.39 is 23.8 Å². The van der Waals surface area contributed by atoms with Crippen molar-refractivity contribution >= 4 is 11.9 Å². The number of benzene rings is 1. The van der Waals surface area contributed by atoms with Crippen LogP contribution < -0.4 is 5.32 Å². The van der Waals surface area contributed by atoms with E-state index in [1.807, 2.05) is 0 Å². The van der Waals surface area contributed by atoms with Gasteiger partial charge >= 0.3 is 5.97 Å². The number of nitrogens with one attached hydrogen (secondary N) is 1.